The lowest BCUT2D eigenvalue weighted by atomic mass is 9.86. The number of aromatic nitrogens is 1. The van der Waals surface area contributed by atoms with E-state index in [0.29, 0.717) is 17.8 Å². The van der Waals surface area contributed by atoms with Gasteiger partial charge in [-0.15, -0.1) is 24.5 Å². The topological polar surface area (TPSA) is 98.1 Å². The van der Waals surface area contributed by atoms with Crippen LogP contribution in [0.4, 0.5) is 13.2 Å². The number of ether oxygens (including phenoxy) is 3. The predicted molar refractivity (Wildman–Crippen MR) is 111 cm³/mol. The van der Waals surface area contributed by atoms with E-state index in [-0.39, 0.29) is 42.1 Å². The second kappa shape index (κ2) is 9.70. The first-order valence-electron chi connectivity index (χ1n) is 10.4. The van der Waals surface area contributed by atoms with Crippen molar-refractivity contribution in [1.82, 2.24) is 4.98 Å². The van der Waals surface area contributed by atoms with Crippen LogP contribution in [0.15, 0.2) is 41.8 Å². The van der Waals surface area contributed by atoms with Gasteiger partial charge in [0, 0.05) is 17.7 Å². The van der Waals surface area contributed by atoms with Gasteiger partial charge in [0.1, 0.15) is 17.7 Å². The maximum absolute atomic E-state index is 12.5. The molecule has 11 heteroatoms. The number of alkyl halides is 3. The number of carboxylic acids is 1. The Morgan fingerprint density at radius 1 is 1.27 bits per heavy atom. The average molecular weight is 485 g/mol. The van der Waals surface area contributed by atoms with E-state index in [1.807, 2.05) is 6.08 Å². The van der Waals surface area contributed by atoms with Gasteiger partial charge in [0.05, 0.1) is 12.2 Å². The molecular weight excluding hydrogens is 463 g/mol. The number of aromatic carboxylic acids is 1. The predicted octanol–water partition coefficient (Wildman–Crippen LogP) is 4.59. The van der Waals surface area contributed by atoms with Crippen LogP contribution in [0.3, 0.4) is 0 Å². The van der Waals surface area contributed by atoms with Crippen LogP contribution in [-0.4, -0.2) is 46.3 Å². The molecule has 5 atom stereocenters. The van der Waals surface area contributed by atoms with Crippen molar-refractivity contribution < 1.29 is 42.4 Å². The van der Waals surface area contributed by atoms with Crippen LogP contribution in [0.25, 0.3) is 0 Å². The zero-order valence-corrected chi connectivity index (χ0v) is 18.1. The fourth-order valence-electron chi connectivity index (χ4n) is 4.38. The zero-order valence-electron chi connectivity index (χ0n) is 17.3. The maximum Gasteiger partial charge on any atom is 0.573 e. The Hall–Kier alpha value is -2.63. The first kappa shape index (κ1) is 23.5. The summed E-state index contributed by atoms with van der Waals surface area (Å²) in [6.07, 6.45) is -0.566. The number of hydrogen-bond acceptors (Lipinski definition) is 7. The van der Waals surface area contributed by atoms with Crippen molar-refractivity contribution in [3.63, 3.8) is 0 Å². The molecule has 33 heavy (non-hydrogen) atoms. The largest absolute Gasteiger partial charge is 0.573 e. The van der Waals surface area contributed by atoms with Crippen molar-refractivity contribution >= 4 is 17.3 Å². The van der Waals surface area contributed by atoms with E-state index in [2.05, 4.69) is 9.72 Å². The summed E-state index contributed by atoms with van der Waals surface area (Å²) in [6.45, 7) is 0.0133. The van der Waals surface area contributed by atoms with Crippen molar-refractivity contribution in [3.8, 4) is 11.5 Å². The van der Waals surface area contributed by atoms with E-state index in [1.54, 1.807) is 12.1 Å². The van der Waals surface area contributed by atoms with E-state index in [1.165, 1.54) is 34.9 Å². The maximum atomic E-state index is 12.5. The first-order valence-corrected chi connectivity index (χ1v) is 11.3. The van der Waals surface area contributed by atoms with Crippen LogP contribution >= 0.6 is 11.3 Å². The summed E-state index contributed by atoms with van der Waals surface area (Å²) in [5, 5.41) is 21.7. The summed E-state index contributed by atoms with van der Waals surface area (Å²) < 4.78 is 53.1. The smallest absolute Gasteiger partial charge is 0.486 e. The molecule has 178 valence electrons. The summed E-state index contributed by atoms with van der Waals surface area (Å²) >= 11 is 1.25. The van der Waals surface area contributed by atoms with Crippen molar-refractivity contribution in [3.05, 3.63) is 52.5 Å². The molecule has 2 fully saturated rings. The average Bonchev–Trinajstić information content (AvgIpc) is 3.35. The van der Waals surface area contributed by atoms with Gasteiger partial charge < -0.3 is 24.4 Å². The third-order valence-corrected chi connectivity index (χ3v) is 6.71. The minimum Gasteiger partial charge on any atom is -0.486 e. The lowest BCUT2D eigenvalue weighted by Gasteiger charge is -2.33. The molecule has 2 aromatic rings. The highest BCUT2D eigenvalue weighted by atomic mass is 32.1. The highest BCUT2D eigenvalue weighted by molar-refractivity contribution is 7.09. The van der Waals surface area contributed by atoms with Crippen LogP contribution in [0.2, 0.25) is 0 Å². The van der Waals surface area contributed by atoms with Gasteiger partial charge in [-0.3, -0.25) is 0 Å². The molecule has 0 unspecified atom stereocenters. The SMILES string of the molecule is O=C(O)c1csc([C@H]2CC[C@@H]3[C@@H](/C=C/COc4ccccc4OC(F)(F)F)[C@H](O)C[C@@H]3O2)n1. The fraction of sp³-hybridized carbons (Fsp3) is 0.455. The molecule has 4 rings (SSSR count). The minimum atomic E-state index is -4.81. The number of para-hydroxylation sites is 2. The molecule has 0 radical (unpaired) electrons. The van der Waals surface area contributed by atoms with Gasteiger partial charge in [0.15, 0.2) is 17.2 Å². The Bertz CT molecular complexity index is 1010. The Balaban J connectivity index is 1.33. The number of rotatable bonds is 7. The molecule has 2 aliphatic rings. The number of carbonyl (C=O) groups is 1. The van der Waals surface area contributed by atoms with Gasteiger partial charge in [-0.2, -0.15) is 0 Å². The quantitative estimate of drug-likeness (QED) is 0.554. The monoisotopic (exact) mass is 485 g/mol. The highest BCUT2D eigenvalue weighted by Crippen LogP contribution is 2.46. The number of hydrogen-bond donors (Lipinski definition) is 2. The summed E-state index contributed by atoms with van der Waals surface area (Å²) in [7, 11) is 0. The summed E-state index contributed by atoms with van der Waals surface area (Å²) in [6, 6.07) is 5.53. The molecular formula is C22H22F3NO6S. The van der Waals surface area contributed by atoms with Gasteiger partial charge >= 0.3 is 12.3 Å². The second-order valence-corrected chi connectivity index (χ2v) is 8.78. The van der Waals surface area contributed by atoms with Crippen molar-refractivity contribution in [2.75, 3.05) is 6.61 Å². The molecule has 0 amide bonds. The number of nitrogens with zero attached hydrogens (tertiary/aromatic N) is 1. The van der Waals surface area contributed by atoms with Gasteiger partial charge in [-0.1, -0.05) is 24.3 Å². The van der Waals surface area contributed by atoms with E-state index < -0.39 is 24.2 Å². The lowest BCUT2D eigenvalue weighted by Crippen LogP contribution is -2.30. The van der Waals surface area contributed by atoms with Gasteiger partial charge in [0.2, 0.25) is 0 Å². The summed E-state index contributed by atoms with van der Waals surface area (Å²) in [4.78, 5) is 15.2. The first-order chi connectivity index (χ1) is 15.7. The van der Waals surface area contributed by atoms with Crippen molar-refractivity contribution in [2.45, 2.75) is 43.9 Å². The number of benzene rings is 1. The molecule has 1 aliphatic carbocycles. The molecule has 0 bridgehead atoms. The Morgan fingerprint density at radius 3 is 2.73 bits per heavy atom. The zero-order chi connectivity index (χ0) is 23.6. The Morgan fingerprint density at radius 2 is 2.03 bits per heavy atom. The number of fused-ring (bicyclic) bond motifs is 1. The van der Waals surface area contributed by atoms with E-state index in [0.717, 1.165) is 6.42 Å². The third-order valence-electron chi connectivity index (χ3n) is 5.78. The molecule has 2 N–H and O–H groups in total. The van der Waals surface area contributed by atoms with Gasteiger partial charge in [0.25, 0.3) is 0 Å². The molecule has 1 saturated heterocycles. The molecule has 1 aliphatic heterocycles. The summed E-state index contributed by atoms with van der Waals surface area (Å²) in [5.41, 5.74) is -0.00445. The molecule has 1 aromatic heterocycles. The number of aliphatic hydroxyl groups excluding tert-OH is 1. The van der Waals surface area contributed by atoms with Crippen LogP contribution in [0.5, 0.6) is 11.5 Å². The Labute approximate surface area is 191 Å². The number of carboxylic acid groups (broad SMARTS) is 1. The molecule has 1 aromatic carbocycles. The molecule has 0 spiro atoms. The summed E-state index contributed by atoms with van der Waals surface area (Å²) in [5.74, 6) is -1.63. The van der Waals surface area contributed by atoms with Crippen molar-refractivity contribution in [2.24, 2.45) is 11.8 Å². The molecule has 2 heterocycles. The minimum absolute atomic E-state index is 0.00445. The van der Waals surface area contributed by atoms with Gasteiger partial charge in [-0.05, 0) is 30.9 Å². The van der Waals surface area contributed by atoms with E-state index in [9.17, 15) is 23.1 Å². The third kappa shape index (κ3) is 5.66. The van der Waals surface area contributed by atoms with E-state index >= 15 is 0 Å². The van der Waals surface area contributed by atoms with Crippen LogP contribution < -0.4 is 9.47 Å². The van der Waals surface area contributed by atoms with E-state index in [4.69, 9.17) is 14.6 Å². The van der Waals surface area contributed by atoms with Crippen LogP contribution in [0, 0.1) is 11.8 Å². The van der Waals surface area contributed by atoms with Crippen LogP contribution in [-0.2, 0) is 4.74 Å². The molecule has 1 saturated carbocycles. The van der Waals surface area contributed by atoms with Crippen molar-refractivity contribution in [1.29, 1.82) is 0 Å². The molecule has 7 nitrogen and oxygen atoms in total. The fourth-order valence-corrected chi connectivity index (χ4v) is 5.24. The van der Waals surface area contributed by atoms with Gasteiger partial charge in [-0.25, -0.2) is 9.78 Å². The standard InChI is InChI=1S/C22H22F3NO6S/c23-22(24,25)32-17-6-2-1-5-16(17)30-9-3-4-12-13-7-8-18(31-19(13)10-15(12)27)20-26-14(11-33-20)21(28)29/h1-6,11-13,15,18-19,27H,7-10H2,(H,28,29)/b4-3+/t12-,13-,15-,18-,19+/m1/s1. The Kier molecular flexibility index (Phi) is 6.91. The normalized spacial score (nSPS) is 27.5. The number of thiazole rings is 1. The second-order valence-electron chi connectivity index (χ2n) is 7.89. The number of halogens is 3. The highest BCUT2D eigenvalue weighted by Gasteiger charge is 2.45. The number of aliphatic hydroxyl groups is 1. The van der Waals surface area contributed by atoms with Crippen LogP contribution in [0.1, 0.15) is 40.9 Å². The lowest BCUT2D eigenvalue weighted by molar-refractivity contribution is -0.275.